The third kappa shape index (κ3) is 2.24. The molecule has 0 saturated carbocycles. The van der Waals surface area contributed by atoms with Crippen molar-refractivity contribution >= 4 is 16.3 Å². The van der Waals surface area contributed by atoms with E-state index < -0.39 is 5.41 Å². The van der Waals surface area contributed by atoms with E-state index in [0.717, 1.165) is 16.2 Å². The van der Waals surface area contributed by atoms with Crippen molar-refractivity contribution in [3.63, 3.8) is 0 Å². The molecule has 2 heterocycles. The predicted molar refractivity (Wildman–Crippen MR) is 81.0 cm³/mol. The van der Waals surface area contributed by atoms with E-state index in [2.05, 4.69) is 4.98 Å². The number of thiazole rings is 1. The van der Waals surface area contributed by atoms with Gasteiger partial charge in [0.1, 0.15) is 0 Å². The van der Waals surface area contributed by atoms with Crippen LogP contribution in [0.4, 0.5) is 0 Å². The minimum atomic E-state index is -0.467. The molecular weight excluding hydrogens is 270 g/mol. The van der Waals surface area contributed by atoms with Gasteiger partial charge in [-0.1, -0.05) is 30.3 Å². The van der Waals surface area contributed by atoms with E-state index in [4.69, 9.17) is 5.73 Å². The molecule has 104 valence electrons. The standard InChI is InChI=1S/C15H17N3OS/c16-10-15(11-19,12-4-2-1-3-5-12)8-13-9-18-6-7-20-14(18)17-13/h1-7,9,19H,8,10-11,16H2. The van der Waals surface area contributed by atoms with Crippen LogP contribution in [0.3, 0.4) is 0 Å². The van der Waals surface area contributed by atoms with Gasteiger partial charge in [0, 0.05) is 36.2 Å². The summed E-state index contributed by atoms with van der Waals surface area (Å²) >= 11 is 1.60. The molecule has 0 amide bonds. The van der Waals surface area contributed by atoms with E-state index in [1.54, 1.807) is 11.3 Å². The van der Waals surface area contributed by atoms with E-state index in [9.17, 15) is 5.11 Å². The molecule has 3 rings (SSSR count). The van der Waals surface area contributed by atoms with Crippen molar-refractivity contribution in [2.24, 2.45) is 5.73 Å². The number of fused-ring (bicyclic) bond motifs is 1. The fourth-order valence-corrected chi connectivity index (χ4v) is 3.22. The summed E-state index contributed by atoms with van der Waals surface area (Å²) in [6, 6.07) is 9.94. The van der Waals surface area contributed by atoms with Crippen LogP contribution < -0.4 is 5.73 Å². The Morgan fingerprint density at radius 2 is 2.10 bits per heavy atom. The highest BCUT2D eigenvalue weighted by Gasteiger charge is 2.31. The van der Waals surface area contributed by atoms with Crippen LogP contribution in [0.25, 0.3) is 4.96 Å². The highest BCUT2D eigenvalue weighted by Crippen LogP contribution is 2.27. The molecular formula is C15H17N3OS. The highest BCUT2D eigenvalue weighted by atomic mass is 32.1. The Labute approximate surface area is 121 Å². The number of aliphatic hydroxyl groups is 1. The summed E-state index contributed by atoms with van der Waals surface area (Å²) in [6.07, 6.45) is 4.63. The summed E-state index contributed by atoms with van der Waals surface area (Å²) in [5.74, 6) is 0. The van der Waals surface area contributed by atoms with E-state index in [1.807, 2.05) is 52.5 Å². The fourth-order valence-electron chi connectivity index (χ4n) is 2.50. The Balaban J connectivity index is 1.96. The quantitative estimate of drug-likeness (QED) is 0.752. The van der Waals surface area contributed by atoms with E-state index in [-0.39, 0.29) is 6.61 Å². The lowest BCUT2D eigenvalue weighted by Gasteiger charge is -2.30. The van der Waals surface area contributed by atoms with Crippen LogP contribution >= 0.6 is 11.3 Å². The third-order valence-corrected chi connectivity index (χ3v) is 4.51. The Hall–Kier alpha value is -1.69. The lowest BCUT2D eigenvalue weighted by atomic mass is 9.77. The van der Waals surface area contributed by atoms with Gasteiger partial charge >= 0.3 is 0 Å². The maximum absolute atomic E-state index is 9.90. The summed E-state index contributed by atoms with van der Waals surface area (Å²) in [7, 11) is 0. The summed E-state index contributed by atoms with van der Waals surface area (Å²) < 4.78 is 2.00. The minimum Gasteiger partial charge on any atom is -0.395 e. The largest absolute Gasteiger partial charge is 0.395 e. The van der Waals surface area contributed by atoms with Crippen LogP contribution in [0.2, 0.25) is 0 Å². The molecule has 1 atom stereocenters. The zero-order valence-corrected chi connectivity index (χ0v) is 11.9. The maximum atomic E-state index is 9.90. The Kier molecular flexibility index (Phi) is 3.56. The number of benzene rings is 1. The minimum absolute atomic E-state index is 0.0126. The van der Waals surface area contributed by atoms with Crippen LogP contribution in [0.1, 0.15) is 11.3 Å². The van der Waals surface area contributed by atoms with E-state index in [0.29, 0.717) is 13.0 Å². The summed E-state index contributed by atoms with van der Waals surface area (Å²) in [5.41, 5.74) is 7.52. The number of hydrogen-bond donors (Lipinski definition) is 2. The fraction of sp³-hybridized carbons (Fsp3) is 0.267. The van der Waals surface area contributed by atoms with E-state index >= 15 is 0 Å². The first kappa shape index (κ1) is 13.3. The lowest BCUT2D eigenvalue weighted by Crippen LogP contribution is -2.41. The first-order valence-electron chi connectivity index (χ1n) is 6.55. The second-order valence-corrected chi connectivity index (χ2v) is 5.88. The second kappa shape index (κ2) is 5.36. The van der Waals surface area contributed by atoms with Gasteiger partial charge in [-0.3, -0.25) is 4.40 Å². The van der Waals surface area contributed by atoms with Gasteiger partial charge in [0.05, 0.1) is 12.3 Å². The van der Waals surface area contributed by atoms with Crippen molar-refractivity contribution in [1.82, 2.24) is 9.38 Å². The molecule has 0 fully saturated rings. The second-order valence-electron chi connectivity index (χ2n) is 5.01. The molecule has 0 spiro atoms. The van der Waals surface area contributed by atoms with Crippen molar-refractivity contribution in [1.29, 1.82) is 0 Å². The van der Waals surface area contributed by atoms with Gasteiger partial charge in [-0.2, -0.15) is 0 Å². The van der Waals surface area contributed by atoms with Gasteiger partial charge in [-0.15, -0.1) is 11.3 Å². The SMILES string of the molecule is NCC(CO)(Cc1cn2ccsc2n1)c1ccccc1. The third-order valence-electron chi connectivity index (χ3n) is 3.74. The monoisotopic (exact) mass is 287 g/mol. The van der Waals surface area contributed by atoms with Gasteiger partial charge in [0.2, 0.25) is 0 Å². The van der Waals surface area contributed by atoms with Gasteiger partial charge < -0.3 is 10.8 Å². The molecule has 0 radical (unpaired) electrons. The molecule has 2 aromatic heterocycles. The maximum Gasteiger partial charge on any atom is 0.193 e. The molecule has 0 saturated heterocycles. The van der Waals surface area contributed by atoms with Crippen LogP contribution in [0.5, 0.6) is 0 Å². The molecule has 0 aliphatic rings. The van der Waals surface area contributed by atoms with Crippen molar-refractivity contribution in [2.45, 2.75) is 11.8 Å². The number of hydrogen-bond acceptors (Lipinski definition) is 4. The van der Waals surface area contributed by atoms with E-state index in [1.165, 1.54) is 0 Å². The predicted octanol–water partition coefficient (Wildman–Crippen LogP) is 1.83. The average Bonchev–Trinajstić information content (AvgIpc) is 3.07. The topological polar surface area (TPSA) is 63.5 Å². The van der Waals surface area contributed by atoms with Gasteiger partial charge in [0.15, 0.2) is 4.96 Å². The summed E-state index contributed by atoms with van der Waals surface area (Å²) in [4.78, 5) is 5.56. The molecule has 1 unspecified atom stereocenters. The average molecular weight is 287 g/mol. The highest BCUT2D eigenvalue weighted by molar-refractivity contribution is 7.15. The Bertz CT molecular complexity index is 657. The summed E-state index contributed by atoms with van der Waals surface area (Å²) in [5, 5.41) is 11.9. The van der Waals surface area contributed by atoms with Crippen LogP contribution in [0, 0.1) is 0 Å². The van der Waals surface area contributed by atoms with Crippen LogP contribution in [-0.4, -0.2) is 27.6 Å². The molecule has 3 aromatic rings. The molecule has 4 nitrogen and oxygen atoms in total. The van der Waals surface area contributed by atoms with Crippen molar-refractivity contribution < 1.29 is 5.11 Å². The zero-order chi connectivity index (χ0) is 14.0. The Morgan fingerprint density at radius 3 is 2.75 bits per heavy atom. The first-order chi connectivity index (χ1) is 9.77. The molecule has 5 heteroatoms. The number of rotatable bonds is 5. The first-order valence-corrected chi connectivity index (χ1v) is 7.43. The molecule has 0 aliphatic heterocycles. The smallest absolute Gasteiger partial charge is 0.193 e. The van der Waals surface area contributed by atoms with Crippen molar-refractivity contribution in [2.75, 3.05) is 13.2 Å². The lowest BCUT2D eigenvalue weighted by molar-refractivity contribution is 0.195. The van der Waals surface area contributed by atoms with Gasteiger partial charge in [0.25, 0.3) is 0 Å². The number of imidazole rings is 1. The van der Waals surface area contributed by atoms with Gasteiger partial charge in [-0.25, -0.2) is 4.98 Å². The number of nitrogens with two attached hydrogens (primary N) is 1. The number of aromatic nitrogens is 2. The summed E-state index contributed by atoms with van der Waals surface area (Å²) in [6.45, 7) is 0.400. The molecule has 0 bridgehead atoms. The number of aliphatic hydroxyl groups excluding tert-OH is 1. The molecule has 3 N–H and O–H groups in total. The van der Waals surface area contributed by atoms with Crippen LogP contribution in [-0.2, 0) is 11.8 Å². The normalized spacial score (nSPS) is 14.5. The molecule has 0 aliphatic carbocycles. The van der Waals surface area contributed by atoms with Crippen molar-refractivity contribution in [3.8, 4) is 0 Å². The number of nitrogens with zero attached hydrogens (tertiary/aromatic N) is 2. The van der Waals surface area contributed by atoms with Crippen LogP contribution in [0.15, 0.2) is 48.1 Å². The Morgan fingerprint density at radius 1 is 1.30 bits per heavy atom. The molecule has 1 aromatic carbocycles. The molecule has 20 heavy (non-hydrogen) atoms. The zero-order valence-electron chi connectivity index (χ0n) is 11.1. The van der Waals surface area contributed by atoms with Crippen molar-refractivity contribution in [3.05, 3.63) is 59.4 Å². The van der Waals surface area contributed by atoms with Gasteiger partial charge in [-0.05, 0) is 5.56 Å².